The van der Waals surface area contributed by atoms with E-state index in [9.17, 15) is 14.4 Å². The topological polar surface area (TPSA) is 75.7 Å². The van der Waals surface area contributed by atoms with E-state index in [4.69, 9.17) is 4.74 Å². The van der Waals surface area contributed by atoms with Crippen LogP contribution >= 0.6 is 11.8 Å². The molecule has 0 unspecified atom stereocenters. The zero-order valence-electron chi connectivity index (χ0n) is 16.8. The summed E-state index contributed by atoms with van der Waals surface area (Å²) in [5.74, 6) is -0.349. The van der Waals surface area contributed by atoms with Gasteiger partial charge in [-0.25, -0.2) is 0 Å². The third kappa shape index (κ3) is 4.99. The fourth-order valence-corrected chi connectivity index (χ4v) is 3.69. The monoisotopic (exact) mass is 422 g/mol. The predicted octanol–water partition coefficient (Wildman–Crippen LogP) is 4.54. The van der Waals surface area contributed by atoms with E-state index in [1.807, 2.05) is 44.2 Å². The molecule has 1 aliphatic rings. The summed E-state index contributed by atoms with van der Waals surface area (Å²) in [7, 11) is 0. The molecule has 3 rings (SSSR count). The summed E-state index contributed by atoms with van der Waals surface area (Å²) in [6.07, 6.45) is 3.23. The number of hydrogen-bond acceptors (Lipinski definition) is 5. The first-order valence-electron chi connectivity index (χ1n) is 9.34. The van der Waals surface area contributed by atoms with Gasteiger partial charge in [0.25, 0.3) is 11.1 Å². The molecule has 1 heterocycles. The number of rotatable bonds is 7. The summed E-state index contributed by atoms with van der Waals surface area (Å²) < 4.78 is 5.59. The van der Waals surface area contributed by atoms with Crippen molar-refractivity contribution < 1.29 is 19.1 Å². The molecule has 30 heavy (non-hydrogen) atoms. The standard InChI is InChI=1S/C23H22N2O4S/c1-4-11-29-19-8-6-5-7-17(19)13-20-22(27)25(23(28)30-20)14-21(26)24-18-12-15(2)9-10-16(18)3/h4-10,12-13H,1,11,14H2,2-3H3,(H,24,26)/b20-13-. The summed E-state index contributed by atoms with van der Waals surface area (Å²) in [5, 5.41) is 2.29. The fraction of sp³-hybridized carbons (Fsp3) is 0.174. The Morgan fingerprint density at radius 1 is 1.20 bits per heavy atom. The Balaban J connectivity index is 1.73. The highest BCUT2D eigenvalue weighted by Gasteiger charge is 2.36. The summed E-state index contributed by atoms with van der Waals surface area (Å²) in [6, 6.07) is 12.9. The van der Waals surface area contributed by atoms with Crippen molar-refractivity contribution in [3.05, 3.63) is 76.7 Å². The minimum Gasteiger partial charge on any atom is -0.489 e. The molecular formula is C23H22N2O4S. The number of amides is 3. The van der Waals surface area contributed by atoms with Crippen LogP contribution in [-0.2, 0) is 9.59 Å². The number of carbonyl (C=O) groups is 3. The minimum absolute atomic E-state index is 0.245. The maximum Gasteiger partial charge on any atom is 0.294 e. The molecule has 1 N–H and O–H groups in total. The maximum atomic E-state index is 12.7. The van der Waals surface area contributed by atoms with E-state index in [0.717, 1.165) is 27.8 Å². The van der Waals surface area contributed by atoms with E-state index in [2.05, 4.69) is 11.9 Å². The van der Waals surface area contributed by atoms with Crippen molar-refractivity contribution in [2.75, 3.05) is 18.5 Å². The number of aryl methyl sites for hydroxylation is 2. The number of hydrogen-bond donors (Lipinski definition) is 1. The summed E-state index contributed by atoms with van der Waals surface area (Å²) in [4.78, 5) is 38.7. The largest absolute Gasteiger partial charge is 0.489 e. The second-order valence-electron chi connectivity index (χ2n) is 6.77. The number of para-hydroxylation sites is 1. The van der Waals surface area contributed by atoms with Gasteiger partial charge in [-0.05, 0) is 54.9 Å². The van der Waals surface area contributed by atoms with Crippen LogP contribution in [0.1, 0.15) is 16.7 Å². The van der Waals surface area contributed by atoms with Crippen molar-refractivity contribution in [1.29, 1.82) is 0 Å². The van der Waals surface area contributed by atoms with Gasteiger partial charge in [0, 0.05) is 11.3 Å². The Hall–Kier alpha value is -3.32. The van der Waals surface area contributed by atoms with Gasteiger partial charge in [0.1, 0.15) is 18.9 Å². The van der Waals surface area contributed by atoms with E-state index < -0.39 is 17.1 Å². The molecule has 0 bridgehead atoms. The third-order valence-corrected chi connectivity index (χ3v) is 5.31. The smallest absolute Gasteiger partial charge is 0.294 e. The molecule has 2 aromatic rings. The first kappa shape index (κ1) is 21.4. The van der Waals surface area contributed by atoms with Crippen LogP contribution in [0, 0.1) is 13.8 Å². The van der Waals surface area contributed by atoms with Gasteiger partial charge in [0.15, 0.2) is 0 Å². The molecule has 1 fully saturated rings. The number of imide groups is 1. The van der Waals surface area contributed by atoms with E-state index in [0.29, 0.717) is 23.6 Å². The lowest BCUT2D eigenvalue weighted by Gasteiger charge is -2.14. The Morgan fingerprint density at radius 3 is 2.73 bits per heavy atom. The number of nitrogens with one attached hydrogen (secondary N) is 1. The molecule has 1 aliphatic heterocycles. The van der Waals surface area contributed by atoms with Crippen LogP contribution in [0.2, 0.25) is 0 Å². The molecule has 7 heteroatoms. The molecule has 2 aromatic carbocycles. The normalized spacial score (nSPS) is 14.9. The Morgan fingerprint density at radius 2 is 1.97 bits per heavy atom. The van der Waals surface area contributed by atoms with Crippen LogP contribution in [0.25, 0.3) is 6.08 Å². The van der Waals surface area contributed by atoms with Crippen molar-refractivity contribution in [3.63, 3.8) is 0 Å². The van der Waals surface area contributed by atoms with Crippen molar-refractivity contribution in [3.8, 4) is 5.75 Å². The molecular weight excluding hydrogens is 400 g/mol. The molecule has 0 aliphatic carbocycles. The Kier molecular flexibility index (Phi) is 6.74. The van der Waals surface area contributed by atoms with Gasteiger partial charge < -0.3 is 10.1 Å². The highest BCUT2D eigenvalue weighted by molar-refractivity contribution is 8.18. The molecule has 0 aromatic heterocycles. The first-order valence-corrected chi connectivity index (χ1v) is 10.2. The number of anilines is 1. The van der Waals surface area contributed by atoms with Crippen molar-refractivity contribution in [1.82, 2.24) is 4.90 Å². The molecule has 0 radical (unpaired) electrons. The summed E-state index contributed by atoms with van der Waals surface area (Å²) in [5.41, 5.74) is 3.24. The van der Waals surface area contributed by atoms with Crippen LogP contribution in [-0.4, -0.2) is 35.1 Å². The van der Waals surface area contributed by atoms with Crippen LogP contribution in [0.4, 0.5) is 10.5 Å². The molecule has 0 atom stereocenters. The second-order valence-corrected chi connectivity index (χ2v) is 7.77. The lowest BCUT2D eigenvalue weighted by molar-refractivity contribution is -0.127. The average molecular weight is 423 g/mol. The second kappa shape index (κ2) is 9.45. The SMILES string of the molecule is C=CCOc1ccccc1/C=C1\SC(=O)N(CC(=O)Nc2cc(C)ccc2C)C1=O. The first-order chi connectivity index (χ1) is 14.4. The van der Waals surface area contributed by atoms with Gasteiger partial charge in [0.2, 0.25) is 5.91 Å². The summed E-state index contributed by atoms with van der Waals surface area (Å²) in [6.45, 7) is 7.40. The van der Waals surface area contributed by atoms with Crippen LogP contribution in [0.5, 0.6) is 5.75 Å². The third-order valence-electron chi connectivity index (χ3n) is 4.40. The zero-order chi connectivity index (χ0) is 21.7. The van der Waals surface area contributed by atoms with E-state index in [1.165, 1.54) is 0 Å². The highest BCUT2D eigenvalue weighted by Crippen LogP contribution is 2.34. The van der Waals surface area contributed by atoms with Gasteiger partial charge in [0.05, 0.1) is 4.91 Å². The molecule has 154 valence electrons. The van der Waals surface area contributed by atoms with Gasteiger partial charge in [-0.3, -0.25) is 19.3 Å². The van der Waals surface area contributed by atoms with E-state index >= 15 is 0 Å². The van der Waals surface area contributed by atoms with Crippen LogP contribution in [0.15, 0.2) is 60.0 Å². The van der Waals surface area contributed by atoms with E-state index in [-0.39, 0.29) is 11.4 Å². The number of thioether (sulfide) groups is 1. The number of ether oxygens (including phenoxy) is 1. The molecule has 0 spiro atoms. The average Bonchev–Trinajstić information content (AvgIpc) is 2.97. The van der Waals surface area contributed by atoms with Crippen molar-refractivity contribution >= 4 is 40.6 Å². The molecule has 6 nitrogen and oxygen atoms in total. The quantitative estimate of drug-likeness (QED) is 0.524. The number of carbonyl (C=O) groups excluding carboxylic acids is 3. The van der Waals surface area contributed by atoms with Crippen LogP contribution in [0.3, 0.4) is 0 Å². The van der Waals surface area contributed by atoms with Gasteiger partial charge >= 0.3 is 0 Å². The van der Waals surface area contributed by atoms with Gasteiger partial charge in [-0.2, -0.15) is 0 Å². The molecule has 3 amide bonds. The number of benzene rings is 2. The van der Waals surface area contributed by atoms with Crippen LogP contribution < -0.4 is 10.1 Å². The minimum atomic E-state index is -0.500. The Bertz CT molecular complexity index is 1050. The van der Waals surface area contributed by atoms with Gasteiger partial charge in [-0.1, -0.05) is 43.0 Å². The summed E-state index contributed by atoms with van der Waals surface area (Å²) >= 11 is 0.806. The highest BCUT2D eigenvalue weighted by atomic mass is 32.2. The Labute approximate surface area is 179 Å². The lowest BCUT2D eigenvalue weighted by atomic mass is 10.1. The van der Waals surface area contributed by atoms with Crippen molar-refractivity contribution in [2.24, 2.45) is 0 Å². The van der Waals surface area contributed by atoms with E-state index in [1.54, 1.807) is 24.3 Å². The van der Waals surface area contributed by atoms with Gasteiger partial charge in [-0.15, -0.1) is 0 Å². The number of nitrogens with zero attached hydrogens (tertiary/aromatic N) is 1. The zero-order valence-corrected chi connectivity index (χ0v) is 17.6. The molecule has 1 saturated heterocycles. The predicted molar refractivity (Wildman–Crippen MR) is 119 cm³/mol. The molecule has 0 saturated carbocycles. The fourth-order valence-electron chi connectivity index (χ4n) is 2.86. The maximum absolute atomic E-state index is 12.7. The lowest BCUT2D eigenvalue weighted by Crippen LogP contribution is -2.36. The van der Waals surface area contributed by atoms with Crippen molar-refractivity contribution in [2.45, 2.75) is 13.8 Å².